The number of nitrogen functional groups attached to an aromatic ring is 1. The summed E-state index contributed by atoms with van der Waals surface area (Å²) >= 11 is 0. The van der Waals surface area contributed by atoms with Crippen LogP contribution in [0.4, 0.5) is 21.5 Å². The number of carbonyl (C=O) groups is 1. The van der Waals surface area contributed by atoms with Gasteiger partial charge < -0.3 is 15.4 Å². The van der Waals surface area contributed by atoms with Crippen LogP contribution in [0, 0.1) is 12.7 Å². The van der Waals surface area contributed by atoms with Gasteiger partial charge in [-0.3, -0.25) is 0 Å². The summed E-state index contributed by atoms with van der Waals surface area (Å²) in [7, 11) is 3.15. The smallest absolute Gasteiger partial charge is 0.340 e. The van der Waals surface area contributed by atoms with Gasteiger partial charge in [-0.1, -0.05) is 0 Å². The Balaban J connectivity index is 2.46. The van der Waals surface area contributed by atoms with Crippen LogP contribution < -0.4 is 10.6 Å². The lowest BCUT2D eigenvalue weighted by molar-refractivity contribution is 0.0602. The number of hydrogen-bond acceptors (Lipinski definition) is 4. The molecule has 110 valence electrons. The average molecular weight is 288 g/mol. The molecule has 0 aromatic heterocycles. The summed E-state index contributed by atoms with van der Waals surface area (Å²) in [4.78, 5) is 13.6. The van der Waals surface area contributed by atoms with E-state index in [1.807, 2.05) is 24.9 Å². The minimum absolute atomic E-state index is 0.295. The largest absolute Gasteiger partial charge is 0.465 e. The number of aryl methyl sites for hydroxylation is 1. The molecule has 0 aliphatic carbocycles. The number of hydrogen-bond donors (Lipinski definition) is 1. The van der Waals surface area contributed by atoms with Crippen molar-refractivity contribution in [3.63, 3.8) is 0 Å². The third-order valence-electron chi connectivity index (χ3n) is 3.38. The maximum Gasteiger partial charge on any atom is 0.340 e. The summed E-state index contributed by atoms with van der Waals surface area (Å²) in [5.41, 5.74) is 8.99. The normalized spacial score (nSPS) is 10.3. The van der Waals surface area contributed by atoms with Crippen LogP contribution >= 0.6 is 0 Å². The Kier molecular flexibility index (Phi) is 4.12. The first kappa shape index (κ1) is 14.8. The van der Waals surface area contributed by atoms with E-state index in [9.17, 15) is 9.18 Å². The molecule has 0 aliphatic heterocycles. The summed E-state index contributed by atoms with van der Waals surface area (Å²) in [6.45, 7) is 1.82. The number of methoxy groups -OCH3 is 1. The van der Waals surface area contributed by atoms with E-state index in [0.29, 0.717) is 11.3 Å². The van der Waals surface area contributed by atoms with Gasteiger partial charge in [-0.05, 0) is 48.9 Å². The van der Waals surface area contributed by atoms with E-state index in [-0.39, 0.29) is 5.82 Å². The molecule has 5 heteroatoms. The first-order chi connectivity index (χ1) is 9.93. The van der Waals surface area contributed by atoms with Crippen molar-refractivity contribution >= 4 is 23.0 Å². The highest BCUT2D eigenvalue weighted by Gasteiger charge is 2.15. The predicted octanol–water partition coefficient (Wildman–Crippen LogP) is 3.27. The highest BCUT2D eigenvalue weighted by Crippen LogP contribution is 2.29. The zero-order valence-corrected chi connectivity index (χ0v) is 12.2. The van der Waals surface area contributed by atoms with Gasteiger partial charge in [0.05, 0.1) is 12.7 Å². The Morgan fingerprint density at radius 3 is 2.38 bits per heavy atom. The van der Waals surface area contributed by atoms with Crippen LogP contribution in [-0.2, 0) is 4.74 Å². The molecule has 0 bridgehead atoms. The lowest BCUT2D eigenvalue weighted by Crippen LogP contribution is -2.13. The van der Waals surface area contributed by atoms with E-state index in [0.717, 1.165) is 16.9 Å². The second-order valence-corrected chi connectivity index (χ2v) is 4.75. The lowest BCUT2D eigenvalue weighted by atomic mass is 10.1. The Morgan fingerprint density at radius 2 is 1.81 bits per heavy atom. The second-order valence-electron chi connectivity index (χ2n) is 4.75. The lowest BCUT2D eigenvalue weighted by Gasteiger charge is -2.21. The summed E-state index contributed by atoms with van der Waals surface area (Å²) in [6.07, 6.45) is 0. The third-order valence-corrected chi connectivity index (χ3v) is 3.38. The molecule has 0 atom stereocenters. The van der Waals surface area contributed by atoms with Crippen LogP contribution in [-0.4, -0.2) is 20.1 Å². The average Bonchev–Trinajstić information content (AvgIpc) is 2.49. The fourth-order valence-electron chi connectivity index (χ4n) is 2.07. The first-order valence-electron chi connectivity index (χ1n) is 6.41. The van der Waals surface area contributed by atoms with Crippen molar-refractivity contribution in [1.29, 1.82) is 0 Å². The highest BCUT2D eigenvalue weighted by atomic mass is 19.1. The quantitative estimate of drug-likeness (QED) is 0.695. The van der Waals surface area contributed by atoms with Crippen molar-refractivity contribution in [3.8, 4) is 0 Å². The molecule has 0 saturated carbocycles. The van der Waals surface area contributed by atoms with E-state index >= 15 is 0 Å². The molecule has 0 saturated heterocycles. The molecular weight excluding hydrogens is 271 g/mol. The van der Waals surface area contributed by atoms with Gasteiger partial charge in [-0.15, -0.1) is 0 Å². The predicted molar refractivity (Wildman–Crippen MR) is 81.4 cm³/mol. The van der Waals surface area contributed by atoms with Gasteiger partial charge in [0.15, 0.2) is 0 Å². The summed E-state index contributed by atoms with van der Waals surface area (Å²) in [6, 6.07) is 9.63. The van der Waals surface area contributed by atoms with Crippen molar-refractivity contribution in [3.05, 3.63) is 53.3 Å². The molecule has 4 nitrogen and oxygen atoms in total. The van der Waals surface area contributed by atoms with E-state index in [2.05, 4.69) is 0 Å². The first-order valence-corrected chi connectivity index (χ1v) is 6.41. The third kappa shape index (κ3) is 2.97. The minimum atomic E-state index is -0.482. The Morgan fingerprint density at radius 1 is 1.19 bits per heavy atom. The van der Waals surface area contributed by atoms with Crippen LogP contribution in [0.3, 0.4) is 0 Å². The van der Waals surface area contributed by atoms with Crippen LogP contribution in [0.25, 0.3) is 0 Å². The molecule has 0 amide bonds. The van der Waals surface area contributed by atoms with Gasteiger partial charge in [-0.25, -0.2) is 9.18 Å². The van der Waals surface area contributed by atoms with Crippen molar-refractivity contribution < 1.29 is 13.9 Å². The number of anilines is 3. The molecule has 21 heavy (non-hydrogen) atoms. The van der Waals surface area contributed by atoms with Crippen molar-refractivity contribution in [2.75, 3.05) is 24.8 Å². The molecule has 0 spiro atoms. The molecule has 0 radical (unpaired) electrons. The SMILES string of the molecule is COC(=O)c1cc(N(C)c2ccc(F)cc2)cc(C)c1N. The Bertz CT molecular complexity index is 669. The molecule has 0 unspecified atom stereocenters. The monoisotopic (exact) mass is 288 g/mol. The van der Waals surface area contributed by atoms with E-state index in [1.54, 1.807) is 18.2 Å². The Hall–Kier alpha value is -2.56. The van der Waals surface area contributed by atoms with Gasteiger partial charge in [0.2, 0.25) is 0 Å². The fourth-order valence-corrected chi connectivity index (χ4v) is 2.07. The van der Waals surface area contributed by atoms with Crippen molar-refractivity contribution in [1.82, 2.24) is 0 Å². The number of esters is 1. The highest BCUT2D eigenvalue weighted by molar-refractivity contribution is 5.97. The van der Waals surface area contributed by atoms with Crippen LogP contribution in [0.1, 0.15) is 15.9 Å². The number of nitrogens with zero attached hydrogens (tertiary/aromatic N) is 1. The number of rotatable bonds is 3. The maximum atomic E-state index is 13.0. The number of halogens is 1. The minimum Gasteiger partial charge on any atom is -0.465 e. The molecule has 2 N–H and O–H groups in total. The molecule has 0 fully saturated rings. The fraction of sp³-hybridized carbons (Fsp3) is 0.188. The van der Waals surface area contributed by atoms with Crippen LogP contribution in [0.2, 0.25) is 0 Å². The molecule has 2 aromatic carbocycles. The summed E-state index contributed by atoms with van der Waals surface area (Å²) in [5, 5.41) is 0. The molecular formula is C16H17FN2O2. The number of benzene rings is 2. The number of nitrogens with two attached hydrogens (primary N) is 1. The van der Waals surface area contributed by atoms with E-state index in [1.165, 1.54) is 19.2 Å². The molecule has 2 rings (SSSR count). The van der Waals surface area contributed by atoms with Gasteiger partial charge >= 0.3 is 5.97 Å². The van der Waals surface area contributed by atoms with E-state index in [4.69, 9.17) is 10.5 Å². The molecule has 0 aliphatic rings. The van der Waals surface area contributed by atoms with Gasteiger partial charge in [0.1, 0.15) is 5.82 Å². The zero-order chi connectivity index (χ0) is 15.6. The van der Waals surface area contributed by atoms with Gasteiger partial charge in [-0.2, -0.15) is 0 Å². The van der Waals surface area contributed by atoms with Crippen molar-refractivity contribution in [2.24, 2.45) is 0 Å². The van der Waals surface area contributed by atoms with Crippen LogP contribution in [0.5, 0.6) is 0 Å². The van der Waals surface area contributed by atoms with Gasteiger partial charge in [0, 0.05) is 24.1 Å². The zero-order valence-electron chi connectivity index (χ0n) is 12.2. The summed E-state index contributed by atoms with van der Waals surface area (Å²) < 4.78 is 17.7. The van der Waals surface area contributed by atoms with Gasteiger partial charge in [0.25, 0.3) is 0 Å². The second kappa shape index (κ2) is 5.83. The Labute approximate surface area is 122 Å². The molecule has 0 heterocycles. The maximum absolute atomic E-state index is 13.0. The summed E-state index contributed by atoms with van der Waals surface area (Å²) in [5.74, 6) is -0.777. The topological polar surface area (TPSA) is 55.6 Å². The molecule has 2 aromatic rings. The van der Waals surface area contributed by atoms with E-state index < -0.39 is 5.97 Å². The number of ether oxygens (including phenoxy) is 1. The van der Waals surface area contributed by atoms with Crippen molar-refractivity contribution in [2.45, 2.75) is 6.92 Å². The standard InChI is InChI=1S/C16H17FN2O2/c1-10-8-13(9-14(15(10)18)16(20)21-3)19(2)12-6-4-11(17)5-7-12/h4-9H,18H2,1-3H3. The van der Waals surface area contributed by atoms with Crippen LogP contribution in [0.15, 0.2) is 36.4 Å². The number of carbonyl (C=O) groups excluding carboxylic acids is 1.